The highest BCUT2D eigenvalue weighted by Gasteiger charge is 2.02. The topological polar surface area (TPSA) is 36.9 Å². The van der Waals surface area contributed by atoms with Crippen molar-refractivity contribution in [2.24, 2.45) is 0 Å². The molecule has 4 aromatic carbocycles. The molecule has 0 radical (unpaired) electrons. The molecule has 0 unspecified atom stereocenters. The highest BCUT2D eigenvalue weighted by Crippen LogP contribution is 2.24. The summed E-state index contributed by atoms with van der Waals surface area (Å²) in [4.78, 5) is 0. The smallest absolute Gasteiger partial charge is 0.119 e. The van der Waals surface area contributed by atoms with Gasteiger partial charge >= 0.3 is 0 Å². The van der Waals surface area contributed by atoms with Crippen LogP contribution in [0.1, 0.15) is 29.5 Å². The minimum absolute atomic E-state index is 0.632. The lowest BCUT2D eigenvalue weighted by Crippen LogP contribution is -2.06. The van der Waals surface area contributed by atoms with Crippen LogP contribution in [-0.4, -0.2) is 33.0 Å². The molecule has 4 aromatic rings. The van der Waals surface area contributed by atoms with E-state index in [0.717, 1.165) is 36.5 Å². The highest BCUT2D eigenvalue weighted by molar-refractivity contribution is 5.65. The van der Waals surface area contributed by atoms with Crippen LogP contribution >= 0.6 is 0 Å². The molecule has 4 rings (SSSR count). The van der Waals surface area contributed by atoms with E-state index < -0.39 is 0 Å². The van der Waals surface area contributed by atoms with Crippen molar-refractivity contribution < 1.29 is 18.9 Å². The summed E-state index contributed by atoms with van der Waals surface area (Å²) in [6.07, 6.45) is 2.57. The quantitative estimate of drug-likeness (QED) is 0.153. The molecule has 0 aromatic heterocycles. The molecule has 0 aliphatic rings. The van der Waals surface area contributed by atoms with Crippen molar-refractivity contribution in [2.75, 3.05) is 33.0 Å². The molecule has 4 heteroatoms. The van der Waals surface area contributed by atoms with E-state index in [1.54, 1.807) is 0 Å². The first-order valence-corrected chi connectivity index (χ1v) is 13.4. The van der Waals surface area contributed by atoms with Crippen LogP contribution in [0.5, 0.6) is 17.2 Å². The molecule has 0 saturated heterocycles. The van der Waals surface area contributed by atoms with Gasteiger partial charge in [0.05, 0.1) is 26.4 Å². The van der Waals surface area contributed by atoms with Crippen molar-refractivity contribution in [3.63, 3.8) is 0 Å². The predicted molar refractivity (Wildman–Crippen MR) is 154 cm³/mol. The monoisotopic (exact) mass is 510 g/mol. The van der Waals surface area contributed by atoms with Gasteiger partial charge in [-0.25, -0.2) is 0 Å². The number of hydrogen-bond donors (Lipinski definition) is 0. The zero-order valence-corrected chi connectivity index (χ0v) is 22.5. The third-order valence-corrected chi connectivity index (χ3v) is 6.19. The van der Waals surface area contributed by atoms with Gasteiger partial charge in [0.25, 0.3) is 0 Å². The van der Waals surface area contributed by atoms with Crippen LogP contribution in [0.2, 0.25) is 0 Å². The summed E-state index contributed by atoms with van der Waals surface area (Å²) >= 11 is 0. The fourth-order valence-electron chi connectivity index (χ4n) is 4.05. The second-order valence-corrected chi connectivity index (χ2v) is 9.47. The van der Waals surface area contributed by atoms with Crippen LogP contribution in [0.15, 0.2) is 97.1 Å². The summed E-state index contributed by atoms with van der Waals surface area (Å²) in [5, 5.41) is 0. The number of benzene rings is 4. The van der Waals surface area contributed by atoms with E-state index >= 15 is 0 Å². The van der Waals surface area contributed by atoms with Crippen LogP contribution in [0.4, 0.5) is 0 Å². The van der Waals surface area contributed by atoms with Crippen molar-refractivity contribution in [3.05, 3.63) is 114 Å². The van der Waals surface area contributed by atoms with E-state index in [4.69, 9.17) is 18.9 Å². The Hall–Kier alpha value is -3.76. The maximum atomic E-state index is 5.94. The highest BCUT2D eigenvalue weighted by atomic mass is 16.5. The molecule has 198 valence electrons. The van der Waals surface area contributed by atoms with Crippen LogP contribution in [-0.2, 0) is 11.2 Å². The molecule has 0 spiro atoms. The van der Waals surface area contributed by atoms with E-state index in [1.165, 1.54) is 27.8 Å². The largest absolute Gasteiger partial charge is 0.493 e. The first-order chi connectivity index (χ1) is 18.7. The van der Waals surface area contributed by atoms with Crippen molar-refractivity contribution in [1.29, 1.82) is 0 Å². The minimum Gasteiger partial charge on any atom is -0.493 e. The van der Waals surface area contributed by atoms with Gasteiger partial charge in [0, 0.05) is 19.4 Å². The predicted octanol–water partition coefficient (Wildman–Crippen LogP) is 7.85. The summed E-state index contributed by atoms with van der Waals surface area (Å²) in [5.41, 5.74) is 6.08. The van der Waals surface area contributed by atoms with Gasteiger partial charge in [-0.05, 0) is 78.9 Å². The standard InChI is InChI=1S/C34H38O4/c1-27-11-15-30(16-12-27)31-8-4-10-34(26-31)38-21-5-20-35-24-19-29-13-17-32(18-14-29)36-22-6-23-37-33-9-3-7-28(2)25-33/h3-4,7-18,25-26H,5-6,19-24H2,1-2H3. The Kier molecular flexibility index (Phi) is 10.7. The lowest BCUT2D eigenvalue weighted by atomic mass is 10.0. The Morgan fingerprint density at radius 3 is 1.82 bits per heavy atom. The maximum Gasteiger partial charge on any atom is 0.119 e. The Bertz CT molecular complexity index is 1230. The Morgan fingerprint density at radius 2 is 1.11 bits per heavy atom. The van der Waals surface area contributed by atoms with Gasteiger partial charge in [-0.2, -0.15) is 0 Å². The molecule has 0 N–H and O–H groups in total. The molecule has 0 aliphatic carbocycles. The molecular formula is C34H38O4. The van der Waals surface area contributed by atoms with E-state index in [2.05, 4.69) is 68.4 Å². The average molecular weight is 511 g/mol. The van der Waals surface area contributed by atoms with E-state index in [1.807, 2.05) is 42.5 Å². The van der Waals surface area contributed by atoms with Crippen LogP contribution in [0.3, 0.4) is 0 Å². The molecule has 0 amide bonds. The summed E-state index contributed by atoms with van der Waals surface area (Å²) in [6.45, 7) is 7.46. The fraction of sp³-hybridized carbons (Fsp3) is 0.294. The number of hydrogen-bond acceptors (Lipinski definition) is 4. The normalized spacial score (nSPS) is 10.8. The fourth-order valence-corrected chi connectivity index (χ4v) is 4.05. The van der Waals surface area contributed by atoms with E-state index in [-0.39, 0.29) is 0 Å². The van der Waals surface area contributed by atoms with E-state index in [0.29, 0.717) is 33.0 Å². The van der Waals surface area contributed by atoms with Gasteiger partial charge in [0.1, 0.15) is 17.2 Å². The molecule has 0 bridgehead atoms. The summed E-state index contributed by atoms with van der Waals surface area (Å²) in [6, 6.07) is 33.2. The molecule has 38 heavy (non-hydrogen) atoms. The SMILES string of the molecule is Cc1ccc(-c2cccc(OCCCOCCc3ccc(OCCCOc4cccc(C)c4)cc3)c2)cc1. The van der Waals surface area contributed by atoms with Crippen molar-refractivity contribution >= 4 is 0 Å². The lowest BCUT2D eigenvalue weighted by molar-refractivity contribution is 0.122. The van der Waals surface area contributed by atoms with E-state index in [9.17, 15) is 0 Å². The van der Waals surface area contributed by atoms with Crippen LogP contribution in [0, 0.1) is 13.8 Å². The maximum absolute atomic E-state index is 5.94. The number of rotatable bonds is 15. The number of aryl methyl sites for hydroxylation is 2. The summed E-state index contributed by atoms with van der Waals surface area (Å²) in [7, 11) is 0. The Labute approximate surface area is 227 Å². The summed E-state index contributed by atoms with van der Waals surface area (Å²) < 4.78 is 23.4. The molecule has 0 heterocycles. The van der Waals surface area contributed by atoms with Crippen molar-refractivity contribution in [2.45, 2.75) is 33.1 Å². The molecule has 4 nitrogen and oxygen atoms in total. The van der Waals surface area contributed by atoms with Gasteiger partial charge < -0.3 is 18.9 Å². The number of ether oxygens (including phenoxy) is 4. The first kappa shape index (κ1) is 27.3. The van der Waals surface area contributed by atoms with Crippen LogP contribution in [0.25, 0.3) is 11.1 Å². The average Bonchev–Trinajstić information content (AvgIpc) is 2.94. The lowest BCUT2D eigenvalue weighted by Gasteiger charge is -2.10. The van der Waals surface area contributed by atoms with Gasteiger partial charge in [-0.3, -0.25) is 0 Å². The third kappa shape index (κ3) is 9.28. The zero-order chi connectivity index (χ0) is 26.4. The van der Waals surface area contributed by atoms with Gasteiger partial charge in [0.15, 0.2) is 0 Å². The van der Waals surface area contributed by atoms with Gasteiger partial charge in [-0.15, -0.1) is 0 Å². The Morgan fingerprint density at radius 1 is 0.474 bits per heavy atom. The van der Waals surface area contributed by atoms with Crippen molar-refractivity contribution in [1.82, 2.24) is 0 Å². The zero-order valence-electron chi connectivity index (χ0n) is 22.5. The van der Waals surface area contributed by atoms with Gasteiger partial charge in [0.2, 0.25) is 0 Å². The third-order valence-electron chi connectivity index (χ3n) is 6.19. The van der Waals surface area contributed by atoms with Gasteiger partial charge in [-0.1, -0.05) is 66.2 Å². The van der Waals surface area contributed by atoms with Crippen LogP contribution < -0.4 is 14.2 Å². The second-order valence-electron chi connectivity index (χ2n) is 9.47. The Balaban J connectivity index is 1.05. The molecule has 0 fully saturated rings. The molecule has 0 atom stereocenters. The molecule has 0 saturated carbocycles. The van der Waals surface area contributed by atoms with Crippen molar-refractivity contribution in [3.8, 4) is 28.4 Å². The first-order valence-electron chi connectivity index (χ1n) is 13.4. The summed E-state index contributed by atoms with van der Waals surface area (Å²) in [5.74, 6) is 2.69. The molecule has 0 aliphatic heterocycles. The second kappa shape index (κ2) is 14.8. The molecular weight excluding hydrogens is 472 g/mol. The minimum atomic E-state index is 0.632.